The summed E-state index contributed by atoms with van der Waals surface area (Å²) in [5.41, 5.74) is 7.78. The molecule has 8 heteroatoms. The van der Waals surface area contributed by atoms with Crippen molar-refractivity contribution in [3.8, 4) is 0 Å². The molecule has 0 radical (unpaired) electrons. The highest BCUT2D eigenvalue weighted by Crippen LogP contribution is 2.20. The van der Waals surface area contributed by atoms with Crippen LogP contribution in [0.2, 0.25) is 0 Å². The van der Waals surface area contributed by atoms with Gasteiger partial charge in [0.25, 0.3) is 0 Å². The lowest BCUT2D eigenvalue weighted by atomic mass is 10.3. The Hall–Kier alpha value is -0.980. The summed E-state index contributed by atoms with van der Waals surface area (Å²) in [6, 6.07) is 0. The van der Waals surface area contributed by atoms with Gasteiger partial charge in [0.1, 0.15) is 12.4 Å². The lowest BCUT2D eigenvalue weighted by molar-refractivity contribution is -0.144. The van der Waals surface area contributed by atoms with Crippen molar-refractivity contribution in [2.24, 2.45) is 0 Å². The maximum absolute atomic E-state index is 11.2. The molecule has 0 saturated heterocycles. The number of carbonyl (C=O) groups is 1. The summed E-state index contributed by atoms with van der Waals surface area (Å²) in [6.45, 7) is 3.68. The third-order valence-electron chi connectivity index (χ3n) is 2.36. The number of rotatable bonds is 3. The Kier molecular flexibility index (Phi) is 6.30. The van der Waals surface area contributed by atoms with Gasteiger partial charge in [0.05, 0.1) is 12.3 Å². The maximum atomic E-state index is 11.2. The molecule has 0 unspecified atom stereocenters. The molecule has 0 aliphatic carbocycles. The number of hydrogen-bond donors (Lipinski definition) is 2. The van der Waals surface area contributed by atoms with Crippen molar-refractivity contribution >= 4 is 36.6 Å². The van der Waals surface area contributed by atoms with E-state index in [9.17, 15) is 4.79 Å². The Balaban J connectivity index is 0.00000128. The van der Waals surface area contributed by atoms with Crippen molar-refractivity contribution in [3.05, 3.63) is 11.3 Å². The molecular weight excluding hydrogens is 267 g/mol. The minimum absolute atomic E-state index is 0. The fourth-order valence-electron chi connectivity index (χ4n) is 1.65. The number of ether oxygens (including phenoxy) is 1. The van der Waals surface area contributed by atoms with Gasteiger partial charge in [-0.2, -0.15) is 5.10 Å². The largest absolute Gasteiger partial charge is 0.465 e. The van der Waals surface area contributed by atoms with Crippen LogP contribution in [0.1, 0.15) is 18.2 Å². The van der Waals surface area contributed by atoms with Crippen LogP contribution in [0.4, 0.5) is 5.82 Å². The fraction of sp³-hybridized carbons (Fsp3) is 0.556. The number of nitrogens with one attached hydrogen (secondary N) is 1. The molecule has 1 aliphatic rings. The third-order valence-corrected chi connectivity index (χ3v) is 2.36. The van der Waals surface area contributed by atoms with Crippen LogP contribution in [0.3, 0.4) is 0 Å². The summed E-state index contributed by atoms with van der Waals surface area (Å²) in [5, 5.41) is 7.38. The number of hydrogen-bond acceptors (Lipinski definition) is 5. The van der Waals surface area contributed by atoms with Crippen molar-refractivity contribution in [1.29, 1.82) is 0 Å². The number of fused-ring (bicyclic) bond motifs is 1. The number of nitrogen functional groups attached to an aromatic ring is 1. The van der Waals surface area contributed by atoms with Gasteiger partial charge in [-0.1, -0.05) is 0 Å². The van der Waals surface area contributed by atoms with Crippen molar-refractivity contribution in [1.82, 2.24) is 15.1 Å². The maximum Gasteiger partial charge on any atom is 0.327 e. The first-order valence-electron chi connectivity index (χ1n) is 4.92. The van der Waals surface area contributed by atoms with Gasteiger partial charge in [0.15, 0.2) is 0 Å². The van der Waals surface area contributed by atoms with E-state index in [-0.39, 0.29) is 37.3 Å². The second-order valence-corrected chi connectivity index (χ2v) is 3.38. The first-order chi connectivity index (χ1) is 7.22. The number of nitrogens with two attached hydrogens (primary N) is 1. The van der Waals surface area contributed by atoms with E-state index >= 15 is 0 Å². The fourth-order valence-corrected chi connectivity index (χ4v) is 1.65. The van der Waals surface area contributed by atoms with Crippen LogP contribution >= 0.6 is 24.8 Å². The second kappa shape index (κ2) is 6.68. The summed E-state index contributed by atoms with van der Waals surface area (Å²) >= 11 is 0. The molecule has 2 heterocycles. The molecular formula is C9H16Cl2N4O2. The minimum atomic E-state index is -0.307. The van der Waals surface area contributed by atoms with Crippen LogP contribution in [-0.4, -0.2) is 22.4 Å². The monoisotopic (exact) mass is 282 g/mol. The van der Waals surface area contributed by atoms with E-state index < -0.39 is 0 Å². The van der Waals surface area contributed by atoms with E-state index in [4.69, 9.17) is 10.5 Å². The number of anilines is 1. The molecule has 17 heavy (non-hydrogen) atoms. The Labute approximate surface area is 112 Å². The molecule has 1 aromatic rings. The van der Waals surface area contributed by atoms with Gasteiger partial charge < -0.3 is 15.8 Å². The summed E-state index contributed by atoms with van der Waals surface area (Å²) in [4.78, 5) is 11.2. The Morgan fingerprint density at radius 2 is 2.24 bits per heavy atom. The first kappa shape index (κ1) is 16.0. The molecule has 0 atom stereocenters. The molecule has 0 fully saturated rings. The zero-order valence-corrected chi connectivity index (χ0v) is 11.1. The molecule has 2 rings (SSSR count). The van der Waals surface area contributed by atoms with Gasteiger partial charge in [-0.05, 0) is 6.92 Å². The molecule has 0 saturated carbocycles. The zero-order valence-electron chi connectivity index (χ0n) is 9.43. The first-order valence-corrected chi connectivity index (χ1v) is 4.92. The van der Waals surface area contributed by atoms with Crippen LogP contribution in [0.15, 0.2) is 0 Å². The number of nitrogens with zero attached hydrogens (tertiary/aromatic N) is 2. The van der Waals surface area contributed by atoms with Gasteiger partial charge in [0, 0.05) is 18.7 Å². The smallest absolute Gasteiger partial charge is 0.327 e. The second-order valence-electron chi connectivity index (χ2n) is 3.38. The zero-order chi connectivity index (χ0) is 10.8. The molecule has 0 amide bonds. The van der Waals surface area contributed by atoms with Crippen molar-refractivity contribution in [2.75, 3.05) is 12.3 Å². The van der Waals surface area contributed by atoms with Crippen molar-refractivity contribution in [2.45, 2.75) is 26.6 Å². The molecule has 1 aliphatic heterocycles. The van der Waals surface area contributed by atoms with E-state index in [0.29, 0.717) is 12.4 Å². The highest BCUT2D eigenvalue weighted by Gasteiger charge is 2.20. The normalized spacial score (nSPS) is 12.3. The molecule has 0 bridgehead atoms. The lowest BCUT2D eigenvalue weighted by Crippen LogP contribution is -2.17. The topological polar surface area (TPSA) is 82.2 Å². The number of halogens is 2. The predicted octanol–water partition coefficient (Wildman–Crippen LogP) is 0.475. The summed E-state index contributed by atoms with van der Waals surface area (Å²) in [7, 11) is 0. The van der Waals surface area contributed by atoms with E-state index in [0.717, 1.165) is 24.3 Å². The van der Waals surface area contributed by atoms with E-state index in [2.05, 4.69) is 10.4 Å². The summed E-state index contributed by atoms with van der Waals surface area (Å²) < 4.78 is 6.33. The average Bonchev–Trinajstić information content (AvgIpc) is 2.72. The quantitative estimate of drug-likeness (QED) is 0.788. The average molecular weight is 283 g/mol. The van der Waals surface area contributed by atoms with Crippen LogP contribution in [-0.2, 0) is 29.2 Å². The Morgan fingerprint density at radius 1 is 1.53 bits per heavy atom. The van der Waals surface area contributed by atoms with Crippen LogP contribution in [0.25, 0.3) is 0 Å². The van der Waals surface area contributed by atoms with Gasteiger partial charge >= 0.3 is 5.97 Å². The Bertz CT molecular complexity index is 395. The van der Waals surface area contributed by atoms with Gasteiger partial charge in [-0.25, -0.2) is 4.68 Å². The molecule has 3 N–H and O–H groups in total. The summed E-state index contributed by atoms with van der Waals surface area (Å²) in [5.74, 6) is 0.251. The van der Waals surface area contributed by atoms with Crippen molar-refractivity contribution in [3.63, 3.8) is 0 Å². The standard InChI is InChI=1S/C9H14N4O2.2ClH/c1-2-15-8(14)5-13-9(10)6-3-11-4-7(6)12-13;;/h11H,2-5,10H2,1H3;2*1H. The molecule has 0 aromatic carbocycles. The highest BCUT2D eigenvalue weighted by atomic mass is 35.5. The van der Waals surface area contributed by atoms with E-state index in [1.54, 1.807) is 6.92 Å². The van der Waals surface area contributed by atoms with Gasteiger partial charge in [-0.3, -0.25) is 4.79 Å². The molecule has 98 valence electrons. The molecule has 0 spiro atoms. The van der Waals surface area contributed by atoms with Crippen LogP contribution in [0.5, 0.6) is 0 Å². The van der Waals surface area contributed by atoms with Gasteiger partial charge in [0.2, 0.25) is 0 Å². The van der Waals surface area contributed by atoms with Gasteiger partial charge in [-0.15, -0.1) is 24.8 Å². The lowest BCUT2D eigenvalue weighted by Gasteiger charge is -2.04. The van der Waals surface area contributed by atoms with Crippen LogP contribution in [0, 0.1) is 0 Å². The van der Waals surface area contributed by atoms with Crippen LogP contribution < -0.4 is 11.1 Å². The van der Waals surface area contributed by atoms with E-state index in [1.807, 2.05) is 0 Å². The SMILES string of the molecule is CCOC(=O)Cn1nc2c(c1N)CNC2.Cl.Cl. The number of carbonyl (C=O) groups excluding carboxylic acids is 1. The number of esters is 1. The third kappa shape index (κ3) is 3.24. The number of aromatic nitrogens is 2. The van der Waals surface area contributed by atoms with E-state index in [1.165, 1.54) is 4.68 Å². The molecule has 6 nitrogen and oxygen atoms in total. The summed E-state index contributed by atoms with van der Waals surface area (Å²) in [6.07, 6.45) is 0. The van der Waals surface area contributed by atoms with Crippen molar-refractivity contribution < 1.29 is 9.53 Å². The highest BCUT2D eigenvalue weighted by molar-refractivity contribution is 5.85. The predicted molar refractivity (Wildman–Crippen MR) is 68.3 cm³/mol. The Morgan fingerprint density at radius 3 is 2.82 bits per heavy atom. The minimum Gasteiger partial charge on any atom is -0.465 e. The molecule has 1 aromatic heterocycles.